The lowest BCUT2D eigenvalue weighted by Crippen LogP contribution is -2.41. The van der Waals surface area contributed by atoms with Gasteiger partial charge in [0.25, 0.3) is 0 Å². The van der Waals surface area contributed by atoms with Crippen LogP contribution in [-0.4, -0.2) is 44.7 Å². The van der Waals surface area contributed by atoms with Gasteiger partial charge in [-0.15, -0.1) is 24.0 Å². The largest absolute Gasteiger partial charge is 0.378 e. The molecule has 6 nitrogen and oxygen atoms in total. The number of nitrogens with one attached hydrogen (secondary N) is 3. The fourth-order valence-corrected chi connectivity index (χ4v) is 3.71. The molecule has 27 heavy (non-hydrogen) atoms. The summed E-state index contributed by atoms with van der Waals surface area (Å²) in [5.41, 5.74) is 2.10. The molecule has 1 atom stereocenters. The third-order valence-corrected chi connectivity index (χ3v) is 5.12. The SMILES string of the molecule is CN=C(NCCCOC1CCCC1)NCC1CC(=O)Nc2ccccc21.I. The van der Waals surface area contributed by atoms with E-state index < -0.39 is 0 Å². The zero-order chi connectivity index (χ0) is 18.2. The van der Waals surface area contributed by atoms with E-state index in [0.717, 1.165) is 31.2 Å². The van der Waals surface area contributed by atoms with E-state index in [2.05, 4.69) is 27.0 Å². The number of anilines is 1. The van der Waals surface area contributed by atoms with Crippen LogP contribution in [0.1, 0.15) is 50.0 Å². The Hall–Kier alpha value is -1.35. The molecule has 0 saturated heterocycles. The molecule has 1 unspecified atom stereocenters. The van der Waals surface area contributed by atoms with Gasteiger partial charge in [0.05, 0.1) is 6.10 Å². The Bertz CT molecular complexity index is 632. The van der Waals surface area contributed by atoms with Crippen LogP contribution in [0.2, 0.25) is 0 Å². The van der Waals surface area contributed by atoms with Crippen LogP contribution in [0.5, 0.6) is 0 Å². The van der Waals surface area contributed by atoms with Crippen LogP contribution in [0.4, 0.5) is 5.69 Å². The third-order valence-electron chi connectivity index (χ3n) is 5.12. The number of para-hydroxylation sites is 1. The van der Waals surface area contributed by atoms with E-state index in [1.165, 1.54) is 31.2 Å². The lowest BCUT2D eigenvalue weighted by molar-refractivity contribution is -0.116. The Labute approximate surface area is 178 Å². The van der Waals surface area contributed by atoms with Crippen LogP contribution < -0.4 is 16.0 Å². The number of fused-ring (bicyclic) bond motifs is 1. The highest BCUT2D eigenvalue weighted by Gasteiger charge is 2.24. The Morgan fingerprint density at radius 2 is 2.04 bits per heavy atom. The number of ether oxygens (including phenoxy) is 1. The first kappa shape index (κ1) is 21.9. The number of benzene rings is 1. The van der Waals surface area contributed by atoms with Crippen LogP contribution in [0.3, 0.4) is 0 Å². The summed E-state index contributed by atoms with van der Waals surface area (Å²) in [4.78, 5) is 16.2. The second-order valence-corrected chi connectivity index (χ2v) is 7.05. The standard InChI is InChI=1S/C20H30N4O2.HI/c1-21-20(22-11-6-12-26-16-7-2-3-8-16)23-14-15-13-19(25)24-18-10-5-4-9-17(15)18;/h4-5,9-10,15-16H,2-3,6-8,11-14H2,1H3,(H,24,25)(H2,21,22,23);1H. The van der Waals surface area contributed by atoms with E-state index in [1.54, 1.807) is 7.05 Å². The van der Waals surface area contributed by atoms with Crippen molar-refractivity contribution in [1.29, 1.82) is 0 Å². The van der Waals surface area contributed by atoms with Crippen molar-refractivity contribution >= 4 is 41.5 Å². The van der Waals surface area contributed by atoms with E-state index in [-0.39, 0.29) is 35.8 Å². The number of amides is 1. The van der Waals surface area contributed by atoms with Gasteiger partial charge >= 0.3 is 0 Å². The van der Waals surface area contributed by atoms with Gasteiger partial charge in [0, 0.05) is 44.8 Å². The van der Waals surface area contributed by atoms with Gasteiger partial charge in [0.1, 0.15) is 0 Å². The second-order valence-electron chi connectivity index (χ2n) is 7.05. The van der Waals surface area contributed by atoms with Gasteiger partial charge in [-0.1, -0.05) is 31.0 Å². The number of hydrogen-bond donors (Lipinski definition) is 3. The monoisotopic (exact) mass is 486 g/mol. The van der Waals surface area contributed by atoms with E-state index >= 15 is 0 Å². The summed E-state index contributed by atoms with van der Waals surface area (Å²) in [5, 5.41) is 9.61. The van der Waals surface area contributed by atoms with E-state index in [9.17, 15) is 4.79 Å². The molecule has 1 aromatic rings. The average molecular weight is 486 g/mol. The molecule has 1 heterocycles. The molecule has 0 spiro atoms. The van der Waals surface area contributed by atoms with Crippen molar-refractivity contribution in [3.8, 4) is 0 Å². The molecule has 0 bridgehead atoms. The van der Waals surface area contributed by atoms with Crippen LogP contribution in [0, 0.1) is 0 Å². The van der Waals surface area contributed by atoms with Gasteiger partial charge in [-0.05, 0) is 30.9 Å². The van der Waals surface area contributed by atoms with E-state index in [1.807, 2.05) is 18.2 Å². The summed E-state index contributed by atoms with van der Waals surface area (Å²) in [6.45, 7) is 2.31. The van der Waals surface area contributed by atoms with E-state index in [4.69, 9.17) is 4.74 Å². The van der Waals surface area contributed by atoms with Crippen LogP contribution in [0.15, 0.2) is 29.3 Å². The van der Waals surface area contributed by atoms with Gasteiger partial charge < -0.3 is 20.7 Å². The Morgan fingerprint density at radius 3 is 2.81 bits per heavy atom. The first-order chi connectivity index (χ1) is 12.8. The van der Waals surface area contributed by atoms with Crippen molar-refractivity contribution in [1.82, 2.24) is 10.6 Å². The topological polar surface area (TPSA) is 74.8 Å². The van der Waals surface area contributed by atoms with Gasteiger partial charge in [0.2, 0.25) is 5.91 Å². The normalized spacial score (nSPS) is 19.8. The van der Waals surface area contributed by atoms with E-state index in [0.29, 0.717) is 19.1 Å². The molecule has 3 rings (SSSR count). The Morgan fingerprint density at radius 1 is 1.26 bits per heavy atom. The molecule has 1 aliphatic carbocycles. The summed E-state index contributed by atoms with van der Waals surface area (Å²) < 4.78 is 5.88. The maximum absolute atomic E-state index is 11.9. The number of halogens is 1. The zero-order valence-corrected chi connectivity index (χ0v) is 18.3. The second kappa shape index (κ2) is 11.5. The van der Waals surface area contributed by atoms with Crippen molar-refractivity contribution in [3.63, 3.8) is 0 Å². The number of guanidine groups is 1. The molecule has 0 radical (unpaired) electrons. The summed E-state index contributed by atoms with van der Waals surface area (Å²) in [5.74, 6) is 1.00. The number of nitrogens with zero attached hydrogens (tertiary/aromatic N) is 1. The van der Waals surface area contributed by atoms with Gasteiger partial charge in [-0.25, -0.2) is 0 Å². The highest BCUT2D eigenvalue weighted by atomic mass is 127. The molecule has 7 heteroatoms. The van der Waals surface area contributed by atoms with Crippen LogP contribution in [-0.2, 0) is 9.53 Å². The maximum Gasteiger partial charge on any atom is 0.225 e. The van der Waals surface area contributed by atoms with Gasteiger partial charge in [-0.2, -0.15) is 0 Å². The molecule has 1 fully saturated rings. The molecule has 0 aromatic heterocycles. The molecule has 1 saturated carbocycles. The summed E-state index contributed by atoms with van der Waals surface area (Å²) in [7, 11) is 1.77. The molecule has 2 aliphatic rings. The predicted molar refractivity (Wildman–Crippen MR) is 120 cm³/mol. The molecule has 1 amide bonds. The number of carbonyl (C=O) groups excluding carboxylic acids is 1. The minimum absolute atomic E-state index is 0. The van der Waals surface area contributed by atoms with Crippen molar-refractivity contribution in [3.05, 3.63) is 29.8 Å². The minimum Gasteiger partial charge on any atom is -0.378 e. The molecular formula is C20H31IN4O2. The number of rotatable bonds is 7. The van der Waals surface area contributed by atoms with Crippen molar-refractivity contribution in [2.75, 3.05) is 32.1 Å². The Kier molecular flexibility index (Phi) is 9.33. The zero-order valence-electron chi connectivity index (χ0n) is 16.0. The highest BCUT2D eigenvalue weighted by Crippen LogP contribution is 2.31. The summed E-state index contributed by atoms with van der Waals surface area (Å²) >= 11 is 0. The molecule has 1 aliphatic heterocycles. The fraction of sp³-hybridized carbons (Fsp3) is 0.600. The molecule has 1 aromatic carbocycles. The predicted octanol–water partition coefficient (Wildman–Crippen LogP) is 3.24. The van der Waals surface area contributed by atoms with Crippen molar-refractivity contribution < 1.29 is 9.53 Å². The third kappa shape index (κ3) is 6.64. The smallest absolute Gasteiger partial charge is 0.225 e. The lowest BCUT2D eigenvalue weighted by Gasteiger charge is -2.26. The number of hydrogen-bond acceptors (Lipinski definition) is 3. The lowest BCUT2D eigenvalue weighted by atomic mass is 9.90. The average Bonchev–Trinajstić information content (AvgIpc) is 3.17. The number of carbonyl (C=O) groups is 1. The van der Waals surface area contributed by atoms with Crippen molar-refractivity contribution in [2.45, 2.75) is 50.5 Å². The quantitative estimate of drug-likeness (QED) is 0.240. The van der Waals surface area contributed by atoms with Crippen LogP contribution in [0.25, 0.3) is 0 Å². The Balaban J connectivity index is 0.00000261. The van der Waals surface area contributed by atoms with Crippen molar-refractivity contribution in [2.24, 2.45) is 4.99 Å². The van der Waals surface area contributed by atoms with Crippen LogP contribution >= 0.6 is 24.0 Å². The number of aliphatic imine (C=N–C) groups is 1. The first-order valence-corrected chi connectivity index (χ1v) is 9.71. The summed E-state index contributed by atoms with van der Waals surface area (Å²) in [6.07, 6.45) is 6.98. The maximum atomic E-state index is 11.9. The highest BCUT2D eigenvalue weighted by molar-refractivity contribution is 14.0. The minimum atomic E-state index is 0. The molecule has 150 valence electrons. The van der Waals surface area contributed by atoms with Gasteiger partial charge in [0.15, 0.2) is 5.96 Å². The molecule has 3 N–H and O–H groups in total. The van der Waals surface area contributed by atoms with Gasteiger partial charge in [-0.3, -0.25) is 9.79 Å². The fourth-order valence-electron chi connectivity index (χ4n) is 3.71. The summed E-state index contributed by atoms with van der Waals surface area (Å²) in [6, 6.07) is 8.00. The molecular weight excluding hydrogens is 455 g/mol. The first-order valence-electron chi connectivity index (χ1n) is 9.71.